The van der Waals surface area contributed by atoms with Gasteiger partial charge in [0, 0.05) is 25.9 Å². The van der Waals surface area contributed by atoms with E-state index in [9.17, 15) is 9.90 Å². The quantitative estimate of drug-likeness (QED) is 0.746. The standard InChI is InChI=1S/C10H14N2O3/c1-12-3-2-11-8(12)6-10(15)4-7(5-10)9(13)14/h2-3,7,15H,4-6H2,1H3,(H,13,14). The summed E-state index contributed by atoms with van der Waals surface area (Å²) in [6.45, 7) is 0. The summed E-state index contributed by atoms with van der Waals surface area (Å²) in [7, 11) is 1.86. The molecule has 15 heavy (non-hydrogen) atoms. The Labute approximate surface area is 87.4 Å². The first-order valence-corrected chi connectivity index (χ1v) is 4.91. The summed E-state index contributed by atoms with van der Waals surface area (Å²) in [6.07, 6.45) is 4.57. The second kappa shape index (κ2) is 3.34. The zero-order chi connectivity index (χ0) is 11.1. The van der Waals surface area contributed by atoms with Gasteiger partial charge in [-0.3, -0.25) is 4.79 Å². The van der Waals surface area contributed by atoms with E-state index in [1.807, 2.05) is 17.8 Å². The van der Waals surface area contributed by atoms with Crippen molar-refractivity contribution < 1.29 is 15.0 Å². The molecule has 1 saturated carbocycles. The lowest BCUT2D eigenvalue weighted by molar-refractivity contribution is -0.158. The van der Waals surface area contributed by atoms with Gasteiger partial charge in [-0.2, -0.15) is 0 Å². The lowest BCUT2D eigenvalue weighted by Crippen LogP contribution is -2.48. The maximum atomic E-state index is 10.6. The fourth-order valence-electron chi connectivity index (χ4n) is 2.04. The molecular formula is C10H14N2O3. The van der Waals surface area contributed by atoms with Crippen molar-refractivity contribution in [3.05, 3.63) is 18.2 Å². The topological polar surface area (TPSA) is 75.3 Å². The maximum absolute atomic E-state index is 10.6. The molecule has 1 aliphatic carbocycles. The van der Waals surface area contributed by atoms with Gasteiger partial charge in [-0.15, -0.1) is 0 Å². The van der Waals surface area contributed by atoms with Crippen LogP contribution in [0.25, 0.3) is 0 Å². The van der Waals surface area contributed by atoms with Gasteiger partial charge in [0.25, 0.3) is 0 Å². The van der Waals surface area contributed by atoms with Crippen LogP contribution in [-0.2, 0) is 18.3 Å². The second-order valence-corrected chi connectivity index (χ2v) is 4.30. The minimum Gasteiger partial charge on any atom is -0.481 e. The fraction of sp³-hybridized carbons (Fsp3) is 0.600. The number of carboxylic acids is 1. The highest BCUT2D eigenvalue weighted by molar-refractivity contribution is 5.71. The molecule has 0 radical (unpaired) electrons. The molecule has 0 spiro atoms. The van der Waals surface area contributed by atoms with E-state index < -0.39 is 17.5 Å². The van der Waals surface area contributed by atoms with Gasteiger partial charge in [0.1, 0.15) is 5.82 Å². The first kappa shape index (κ1) is 10.2. The first-order valence-electron chi connectivity index (χ1n) is 4.91. The number of rotatable bonds is 3. The van der Waals surface area contributed by atoms with Crippen LogP contribution < -0.4 is 0 Å². The van der Waals surface area contributed by atoms with E-state index in [2.05, 4.69) is 4.98 Å². The average molecular weight is 210 g/mol. The molecule has 5 nitrogen and oxygen atoms in total. The predicted octanol–water partition coefficient (Wildman–Crippen LogP) is 0.188. The van der Waals surface area contributed by atoms with Crippen molar-refractivity contribution in [3.8, 4) is 0 Å². The number of carboxylic acid groups (broad SMARTS) is 1. The molecule has 2 N–H and O–H groups in total. The van der Waals surface area contributed by atoms with Gasteiger partial charge in [-0.25, -0.2) is 4.98 Å². The van der Waals surface area contributed by atoms with Crippen molar-refractivity contribution in [1.29, 1.82) is 0 Å². The highest BCUT2D eigenvalue weighted by atomic mass is 16.4. The van der Waals surface area contributed by atoms with Crippen LogP contribution in [0.4, 0.5) is 0 Å². The van der Waals surface area contributed by atoms with E-state index in [0.29, 0.717) is 19.3 Å². The Hall–Kier alpha value is -1.36. The zero-order valence-electron chi connectivity index (χ0n) is 8.55. The summed E-state index contributed by atoms with van der Waals surface area (Å²) in [6, 6.07) is 0. The number of aryl methyl sites for hydroxylation is 1. The normalized spacial score (nSPS) is 29.9. The Balaban J connectivity index is 1.97. The zero-order valence-corrected chi connectivity index (χ0v) is 8.55. The van der Waals surface area contributed by atoms with E-state index in [1.165, 1.54) is 0 Å². The van der Waals surface area contributed by atoms with Crippen LogP contribution in [0.2, 0.25) is 0 Å². The molecule has 1 aliphatic rings. The molecule has 0 atom stereocenters. The highest BCUT2D eigenvalue weighted by Crippen LogP contribution is 2.39. The van der Waals surface area contributed by atoms with Crippen molar-refractivity contribution in [3.63, 3.8) is 0 Å². The predicted molar refractivity (Wildman–Crippen MR) is 52.2 cm³/mol. The monoisotopic (exact) mass is 210 g/mol. The van der Waals surface area contributed by atoms with Crippen LogP contribution in [0.3, 0.4) is 0 Å². The number of imidazole rings is 1. The Morgan fingerprint density at radius 3 is 2.87 bits per heavy atom. The van der Waals surface area contributed by atoms with Crippen molar-refractivity contribution in [2.45, 2.75) is 24.9 Å². The third-order valence-electron chi connectivity index (χ3n) is 3.01. The van der Waals surface area contributed by atoms with Crippen molar-refractivity contribution >= 4 is 5.97 Å². The highest BCUT2D eigenvalue weighted by Gasteiger charge is 2.46. The van der Waals surface area contributed by atoms with Gasteiger partial charge < -0.3 is 14.8 Å². The molecule has 1 aromatic rings. The van der Waals surface area contributed by atoms with Crippen LogP contribution in [0.5, 0.6) is 0 Å². The largest absolute Gasteiger partial charge is 0.481 e. The van der Waals surface area contributed by atoms with E-state index in [-0.39, 0.29) is 0 Å². The smallest absolute Gasteiger partial charge is 0.306 e. The number of aromatic nitrogens is 2. The summed E-state index contributed by atoms with van der Waals surface area (Å²) >= 11 is 0. The summed E-state index contributed by atoms with van der Waals surface area (Å²) in [4.78, 5) is 14.7. The number of carbonyl (C=O) groups is 1. The lowest BCUT2D eigenvalue weighted by Gasteiger charge is -2.41. The molecule has 1 heterocycles. The summed E-state index contributed by atoms with van der Waals surface area (Å²) in [5, 5.41) is 18.7. The van der Waals surface area contributed by atoms with Gasteiger partial charge in [0.15, 0.2) is 0 Å². The van der Waals surface area contributed by atoms with Crippen LogP contribution in [0.15, 0.2) is 12.4 Å². The molecule has 1 aromatic heterocycles. The minimum absolute atomic E-state index is 0.329. The summed E-state index contributed by atoms with van der Waals surface area (Å²) in [5.41, 5.74) is -0.873. The van der Waals surface area contributed by atoms with E-state index in [4.69, 9.17) is 5.11 Å². The van der Waals surface area contributed by atoms with Crippen LogP contribution in [0, 0.1) is 5.92 Å². The number of hydrogen-bond acceptors (Lipinski definition) is 3. The number of aliphatic hydroxyl groups is 1. The van der Waals surface area contributed by atoms with Gasteiger partial charge in [0.05, 0.1) is 11.5 Å². The van der Waals surface area contributed by atoms with Crippen molar-refractivity contribution in [2.75, 3.05) is 0 Å². The Bertz CT molecular complexity index is 380. The number of nitrogens with zero attached hydrogens (tertiary/aromatic N) is 2. The van der Waals surface area contributed by atoms with E-state index in [1.54, 1.807) is 6.20 Å². The number of aliphatic carboxylic acids is 1. The van der Waals surface area contributed by atoms with Gasteiger partial charge in [-0.1, -0.05) is 0 Å². The number of hydrogen-bond donors (Lipinski definition) is 2. The van der Waals surface area contributed by atoms with Crippen LogP contribution >= 0.6 is 0 Å². The van der Waals surface area contributed by atoms with Crippen molar-refractivity contribution in [1.82, 2.24) is 9.55 Å². The first-order chi connectivity index (χ1) is 7.00. The van der Waals surface area contributed by atoms with Crippen molar-refractivity contribution in [2.24, 2.45) is 13.0 Å². The van der Waals surface area contributed by atoms with Gasteiger partial charge in [0.2, 0.25) is 0 Å². The molecule has 5 heteroatoms. The summed E-state index contributed by atoms with van der Waals surface area (Å²) in [5.74, 6) is -0.420. The molecule has 0 unspecified atom stereocenters. The summed E-state index contributed by atoms with van der Waals surface area (Å²) < 4.78 is 1.84. The second-order valence-electron chi connectivity index (χ2n) is 4.30. The molecule has 2 rings (SSSR count). The van der Waals surface area contributed by atoms with E-state index in [0.717, 1.165) is 5.82 Å². The van der Waals surface area contributed by atoms with Gasteiger partial charge in [-0.05, 0) is 12.8 Å². The molecule has 0 aliphatic heterocycles. The van der Waals surface area contributed by atoms with Crippen LogP contribution in [0.1, 0.15) is 18.7 Å². The Kier molecular flexibility index (Phi) is 2.26. The molecular weight excluding hydrogens is 196 g/mol. The molecule has 0 bridgehead atoms. The third kappa shape index (κ3) is 1.87. The Morgan fingerprint density at radius 2 is 2.40 bits per heavy atom. The molecule has 0 amide bonds. The maximum Gasteiger partial charge on any atom is 0.306 e. The molecule has 82 valence electrons. The third-order valence-corrected chi connectivity index (χ3v) is 3.01. The average Bonchev–Trinajstić information content (AvgIpc) is 2.47. The molecule has 1 fully saturated rings. The van der Waals surface area contributed by atoms with Crippen LogP contribution in [-0.4, -0.2) is 31.3 Å². The SMILES string of the molecule is Cn1ccnc1CC1(O)CC(C(=O)O)C1. The fourth-order valence-corrected chi connectivity index (χ4v) is 2.04. The molecule has 0 aromatic carbocycles. The molecule has 0 saturated heterocycles. The lowest BCUT2D eigenvalue weighted by atomic mass is 9.69. The minimum atomic E-state index is -0.873. The Morgan fingerprint density at radius 1 is 1.73 bits per heavy atom. The van der Waals surface area contributed by atoms with E-state index >= 15 is 0 Å². The van der Waals surface area contributed by atoms with Gasteiger partial charge >= 0.3 is 5.97 Å².